The molecular weight excluding hydrogens is 454 g/mol. The van der Waals surface area contributed by atoms with Crippen molar-refractivity contribution in [3.63, 3.8) is 0 Å². The molecule has 0 radical (unpaired) electrons. The lowest BCUT2D eigenvalue weighted by molar-refractivity contribution is 0.0996. The number of hydrogen-bond acceptors (Lipinski definition) is 7. The molecule has 6 rings (SSSR count). The van der Waals surface area contributed by atoms with E-state index in [0.29, 0.717) is 17.1 Å². The second-order valence-electron chi connectivity index (χ2n) is 8.18. The van der Waals surface area contributed by atoms with E-state index in [1.165, 1.54) is 30.3 Å². The molecule has 174 valence electrons. The predicted octanol–water partition coefficient (Wildman–Crippen LogP) is 5.07. The molecule has 4 aromatic rings. The van der Waals surface area contributed by atoms with Crippen LogP contribution in [-0.2, 0) is 6.54 Å². The average molecular weight is 472 g/mol. The van der Waals surface area contributed by atoms with E-state index in [9.17, 15) is 9.18 Å². The predicted molar refractivity (Wildman–Crippen MR) is 125 cm³/mol. The molecule has 1 aromatic carbocycles. The number of furan rings is 1. The van der Waals surface area contributed by atoms with Crippen molar-refractivity contribution in [3.05, 3.63) is 95.5 Å². The molecule has 1 aliphatic carbocycles. The van der Waals surface area contributed by atoms with Crippen LogP contribution in [-0.4, -0.2) is 20.9 Å². The SMILES string of the molecule is O=C(Nc1ccc(F)c(CNc2ncccc2-c2ncnc3c2[C@H]2CC2=CN3)c1F)c1ccco1. The first-order chi connectivity index (χ1) is 17.1. The van der Waals surface area contributed by atoms with E-state index in [0.717, 1.165) is 23.9 Å². The molecule has 0 bridgehead atoms. The maximum absolute atomic E-state index is 15.2. The van der Waals surface area contributed by atoms with E-state index in [2.05, 4.69) is 30.9 Å². The minimum absolute atomic E-state index is 0.0165. The number of benzene rings is 1. The van der Waals surface area contributed by atoms with Gasteiger partial charge in [-0.1, -0.05) is 0 Å². The quantitative estimate of drug-likeness (QED) is 0.360. The third-order valence-corrected chi connectivity index (χ3v) is 6.03. The van der Waals surface area contributed by atoms with E-state index in [1.807, 2.05) is 12.3 Å². The van der Waals surface area contributed by atoms with Crippen molar-refractivity contribution in [1.29, 1.82) is 0 Å². The van der Waals surface area contributed by atoms with Crippen LogP contribution in [0.25, 0.3) is 11.3 Å². The number of carbonyl (C=O) groups excluding carboxylic acids is 1. The summed E-state index contributed by atoms with van der Waals surface area (Å²) in [5.41, 5.74) is 3.29. The zero-order valence-electron chi connectivity index (χ0n) is 18.2. The van der Waals surface area contributed by atoms with E-state index in [-0.39, 0.29) is 29.5 Å². The number of amides is 1. The van der Waals surface area contributed by atoms with E-state index >= 15 is 4.39 Å². The molecule has 2 aliphatic rings. The number of anilines is 3. The highest BCUT2D eigenvalue weighted by Crippen LogP contribution is 2.54. The Bertz CT molecular complexity index is 1490. The van der Waals surface area contributed by atoms with Crippen molar-refractivity contribution in [1.82, 2.24) is 15.0 Å². The summed E-state index contributed by atoms with van der Waals surface area (Å²) in [6.07, 6.45) is 7.31. The van der Waals surface area contributed by atoms with Gasteiger partial charge in [-0.3, -0.25) is 4.79 Å². The topological polar surface area (TPSA) is 105 Å². The second-order valence-corrected chi connectivity index (χ2v) is 8.18. The highest BCUT2D eigenvalue weighted by molar-refractivity contribution is 6.02. The molecule has 3 N–H and O–H groups in total. The van der Waals surface area contributed by atoms with E-state index in [1.54, 1.807) is 18.3 Å². The van der Waals surface area contributed by atoms with Crippen LogP contribution in [0, 0.1) is 11.6 Å². The molecule has 4 heterocycles. The van der Waals surface area contributed by atoms with Gasteiger partial charge in [-0.2, -0.15) is 0 Å². The summed E-state index contributed by atoms with van der Waals surface area (Å²) in [7, 11) is 0. The van der Waals surface area contributed by atoms with Gasteiger partial charge in [0.1, 0.15) is 23.8 Å². The number of nitrogens with one attached hydrogen (secondary N) is 3. The number of nitrogens with zero attached hydrogens (tertiary/aromatic N) is 3. The van der Waals surface area contributed by atoms with Gasteiger partial charge in [0.25, 0.3) is 5.91 Å². The van der Waals surface area contributed by atoms with Gasteiger partial charge in [0.15, 0.2) is 11.6 Å². The molecule has 3 aromatic heterocycles. The van der Waals surface area contributed by atoms with Crippen LogP contribution in [0.3, 0.4) is 0 Å². The minimum atomic E-state index is -0.883. The number of fused-ring (bicyclic) bond motifs is 3. The lowest BCUT2D eigenvalue weighted by Crippen LogP contribution is -2.14. The first-order valence-electron chi connectivity index (χ1n) is 10.9. The lowest BCUT2D eigenvalue weighted by atomic mass is 10.0. The number of pyridine rings is 1. The molecule has 1 amide bonds. The van der Waals surface area contributed by atoms with Crippen molar-refractivity contribution < 1.29 is 18.0 Å². The highest BCUT2D eigenvalue weighted by atomic mass is 19.1. The average Bonchev–Trinajstić information content (AvgIpc) is 3.47. The Balaban J connectivity index is 1.28. The molecule has 1 saturated carbocycles. The van der Waals surface area contributed by atoms with Gasteiger partial charge in [0, 0.05) is 41.5 Å². The normalized spacial score (nSPS) is 15.4. The van der Waals surface area contributed by atoms with Gasteiger partial charge in [0.2, 0.25) is 0 Å². The Morgan fingerprint density at radius 1 is 1.14 bits per heavy atom. The molecular formula is C25H18F2N6O2. The van der Waals surface area contributed by atoms with Gasteiger partial charge in [-0.05, 0) is 48.4 Å². The van der Waals surface area contributed by atoms with Crippen molar-refractivity contribution in [2.75, 3.05) is 16.0 Å². The Kier molecular flexibility index (Phi) is 4.98. The fourth-order valence-corrected chi connectivity index (χ4v) is 4.20. The Morgan fingerprint density at radius 2 is 2.06 bits per heavy atom. The maximum Gasteiger partial charge on any atom is 0.291 e. The Morgan fingerprint density at radius 3 is 2.91 bits per heavy atom. The number of aromatic nitrogens is 3. The van der Waals surface area contributed by atoms with Gasteiger partial charge in [0.05, 0.1) is 17.6 Å². The number of carbonyl (C=O) groups is 1. The van der Waals surface area contributed by atoms with Crippen LogP contribution < -0.4 is 16.0 Å². The van der Waals surface area contributed by atoms with Gasteiger partial charge >= 0.3 is 0 Å². The molecule has 0 unspecified atom stereocenters. The number of allylic oxidation sites excluding steroid dienone is 1. The van der Waals surface area contributed by atoms with Crippen molar-refractivity contribution in [2.24, 2.45) is 0 Å². The van der Waals surface area contributed by atoms with E-state index in [4.69, 9.17) is 4.42 Å². The smallest absolute Gasteiger partial charge is 0.291 e. The third kappa shape index (κ3) is 3.78. The Labute approximate surface area is 198 Å². The fourth-order valence-electron chi connectivity index (χ4n) is 4.20. The molecule has 1 aliphatic heterocycles. The fraction of sp³-hybridized carbons (Fsp3) is 0.120. The van der Waals surface area contributed by atoms with Gasteiger partial charge < -0.3 is 20.4 Å². The number of hydrogen-bond donors (Lipinski definition) is 3. The highest BCUT2D eigenvalue weighted by Gasteiger charge is 2.39. The molecule has 0 saturated heterocycles. The summed E-state index contributed by atoms with van der Waals surface area (Å²) >= 11 is 0. The third-order valence-electron chi connectivity index (χ3n) is 6.03. The summed E-state index contributed by atoms with van der Waals surface area (Å²) in [5, 5.41) is 8.64. The van der Waals surface area contributed by atoms with Crippen molar-refractivity contribution in [3.8, 4) is 11.3 Å². The van der Waals surface area contributed by atoms with Crippen molar-refractivity contribution in [2.45, 2.75) is 18.9 Å². The molecule has 10 heteroatoms. The summed E-state index contributed by atoms with van der Waals surface area (Å²) in [6.45, 7) is -0.202. The molecule has 35 heavy (non-hydrogen) atoms. The van der Waals surface area contributed by atoms with Crippen LogP contribution in [0.4, 0.5) is 26.1 Å². The van der Waals surface area contributed by atoms with Crippen molar-refractivity contribution >= 4 is 23.2 Å². The zero-order chi connectivity index (χ0) is 23.9. The Hall–Kier alpha value is -4.60. The number of halogens is 2. The van der Waals surface area contributed by atoms with Crippen LogP contribution in [0.5, 0.6) is 0 Å². The molecule has 1 fully saturated rings. The first kappa shape index (κ1) is 21.0. The summed E-state index contributed by atoms with van der Waals surface area (Å²) in [6, 6.07) is 8.89. The minimum Gasteiger partial charge on any atom is -0.459 e. The molecule has 0 spiro atoms. The summed E-state index contributed by atoms with van der Waals surface area (Å²) in [4.78, 5) is 25.5. The van der Waals surface area contributed by atoms with Gasteiger partial charge in [-0.15, -0.1) is 0 Å². The van der Waals surface area contributed by atoms with Gasteiger partial charge in [-0.25, -0.2) is 23.7 Å². The van der Waals surface area contributed by atoms with Crippen LogP contribution in [0.2, 0.25) is 0 Å². The maximum atomic E-state index is 15.2. The second kappa shape index (κ2) is 8.32. The first-order valence-corrected chi connectivity index (χ1v) is 10.9. The number of rotatable bonds is 6. The van der Waals surface area contributed by atoms with Crippen LogP contribution >= 0.6 is 0 Å². The molecule has 8 nitrogen and oxygen atoms in total. The summed E-state index contributed by atoms with van der Waals surface area (Å²) < 4.78 is 34.8. The largest absolute Gasteiger partial charge is 0.459 e. The van der Waals surface area contributed by atoms with Crippen LogP contribution in [0.15, 0.2) is 71.4 Å². The standard InChI is InChI=1S/C25H18F2N6O2/c26-17-5-6-18(33-25(34)19-4-2-8-35-19)21(27)16(17)11-30-23-14(3-1-7-28-23)22-20-15-9-13(15)10-29-24(20)32-12-31-22/h1-8,10,12,15H,9,11H2,(H,28,30)(H,33,34)(H,29,31,32)/t15-/m0/s1. The van der Waals surface area contributed by atoms with E-state index < -0.39 is 17.5 Å². The lowest BCUT2D eigenvalue weighted by Gasteiger charge is -2.17. The summed E-state index contributed by atoms with van der Waals surface area (Å²) in [5.74, 6) is -0.821. The monoisotopic (exact) mass is 472 g/mol. The zero-order valence-corrected chi connectivity index (χ0v) is 18.2. The van der Waals surface area contributed by atoms with Crippen LogP contribution in [0.1, 0.15) is 34.0 Å². The molecule has 1 atom stereocenters.